The van der Waals surface area contributed by atoms with Gasteiger partial charge in [0.15, 0.2) is 0 Å². The number of likely N-dealkylation sites (tertiary alicyclic amines) is 1. The van der Waals surface area contributed by atoms with Crippen LogP contribution in [0.1, 0.15) is 28.9 Å². The van der Waals surface area contributed by atoms with Crippen molar-refractivity contribution in [1.29, 1.82) is 0 Å². The number of benzene rings is 1. The van der Waals surface area contributed by atoms with Crippen LogP contribution >= 0.6 is 0 Å². The summed E-state index contributed by atoms with van der Waals surface area (Å²) in [6, 6.07) is 12.2. The number of rotatable bonds is 3. The van der Waals surface area contributed by atoms with E-state index < -0.39 is 0 Å². The Labute approximate surface area is 147 Å². The van der Waals surface area contributed by atoms with Crippen LogP contribution in [0.3, 0.4) is 0 Å². The summed E-state index contributed by atoms with van der Waals surface area (Å²) in [6.07, 6.45) is 6.82. The highest BCUT2D eigenvalue weighted by molar-refractivity contribution is 5.92. The summed E-state index contributed by atoms with van der Waals surface area (Å²) >= 11 is 0. The highest BCUT2D eigenvalue weighted by Gasteiger charge is 2.26. The van der Waals surface area contributed by atoms with Crippen molar-refractivity contribution < 1.29 is 4.79 Å². The van der Waals surface area contributed by atoms with Gasteiger partial charge in [-0.3, -0.25) is 14.5 Å². The van der Waals surface area contributed by atoms with Gasteiger partial charge < -0.3 is 4.90 Å². The van der Waals surface area contributed by atoms with E-state index in [1.165, 1.54) is 10.9 Å². The van der Waals surface area contributed by atoms with E-state index in [9.17, 15) is 4.79 Å². The van der Waals surface area contributed by atoms with Gasteiger partial charge in [0.25, 0.3) is 5.91 Å². The molecule has 1 fully saturated rings. The van der Waals surface area contributed by atoms with Gasteiger partial charge in [0.2, 0.25) is 0 Å². The Balaban J connectivity index is 1.50. The number of amides is 1. The number of carbonyl (C=O) groups excluding carboxylic acids is 1. The van der Waals surface area contributed by atoms with Gasteiger partial charge >= 0.3 is 0 Å². The fourth-order valence-electron chi connectivity index (χ4n) is 3.75. The van der Waals surface area contributed by atoms with E-state index in [2.05, 4.69) is 34.3 Å². The molecule has 0 N–H and O–H groups in total. The van der Waals surface area contributed by atoms with E-state index >= 15 is 0 Å². The highest BCUT2D eigenvalue weighted by Crippen LogP contribution is 2.25. The number of pyridine rings is 1. The Bertz CT molecular complexity index is 896. The Hall–Kier alpha value is -2.69. The van der Waals surface area contributed by atoms with Gasteiger partial charge in [-0.1, -0.05) is 24.3 Å². The minimum atomic E-state index is 0.0429. The third-order valence-electron chi connectivity index (χ3n) is 4.96. The van der Waals surface area contributed by atoms with Crippen molar-refractivity contribution in [3.8, 4) is 0 Å². The molecule has 0 aliphatic carbocycles. The van der Waals surface area contributed by atoms with Gasteiger partial charge in [0.1, 0.15) is 5.69 Å². The first kappa shape index (κ1) is 15.8. The van der Waals surface area contributed by atoms with Crippen molar-refractivity contribution in [3.63, 3.8) is 0 Å². The zero-order chi connectivity index (χ0) is 17.2. The van der Waals surface area contributed by atoms with Crippen molar-refractivity contribution in [1.82, 2.24) is 19.7 Å². The number of carbonyl (C=O) groups is 1. The van der Waals surface area contributed by atoms with Crippen LogP contribution in [0.4, 0.5) is 0 Å². The third kappa shape index (κ3) is 3.27. The summed E-state index contributed by atoms with van der Waals surface area (Å²) in [4.78, 5) is 19.2. The zero-order valence-electron chi connectivity index (χ0n) is 14.4. The predicted molar refractivity (Wildman–Crippen MR) is 97.3 cm³/mol. The summed E-state index contributed by atoms with van der Waals surface area (Å²) < 4.78 is 1.68. The van der Waals surface area contributed by atoms with E-state index in [1.54, 1.807) is 10.7 Å². The molecule has 0 spiro atoms. The van der Waals surface area contributed by atoms with Crippen molar-refractivity contribution >= 4 is 16.8 Å². The summed E-state index contributed by atoms with van der Waals surface area (Å²) in [5, 5.41) is 5.43. The normalized spacial score (nSPS) is 17.8. The minimum Gasteiger partial charge on any atom is -0.337 e. The number of aromatic nitrogens is 3. The van der Waals surface area contributed by atoms with Crippen molar-refractivity contribution in [2.45, 2.75) is 19.3 Å². The smallest absolute Gasteiger partial charge is 0.274 e. The molecule has 4 rings (SSSR count). The standard InChI is InChI=1S/C20H22N4O/c1-23-12-9-18(22-23)20(25)24-11-4-5-15(14-24)13-17-7-2-6-16-8-3-10-21-19(16)17/h2-3,6-10,12,15H,4-5,11,13-14H2,1H3/t15-/m1/s1. The molecule has 1 saturated heterocycles. The molecule has 0 bridgehead atoms. The number of nitrogens with zero attached hydrogens (tertiary/aromatic N) is 4. The lowest BCUT2D eigenvalue weighted by atomic mass is 9.90. The monoisotopic (exact) mass is 334 g/mol. The molecule has 128 valence electrons. The maximum Gasteiger partial charge on any atom is 0.274 e. The van der Waals surface area contributed by atoms with Crippen LogP contribution in [0.2, 0.25) is 0 Å². The Morgan fingerprint density at radius 1 is 1.24 bits per heavy atom. The Morgan fingerprint density at radius 3 is 2.96 bits per heavy atom. The zero-order valence-corrected chi connectivity index (χ0v) is 14.4. The minimum absolute atomic E-state index is 0.0429. The van der Waals surface area contributed by atoms with Crippen LogP contribution in [0, 0.1) is 5.92 Å². The van der Waals surface area contributed by atoms with E-state index in [0.29, 0.717) is 11.6 Å². The number of fused-ring (bicyclic) bond motifs is 1. The molecular formula is C20H22N4O. The number of piperidine rings is 1. The largest absolute Gasteiger partial charge is 0.337 e. The molecule has 1 aromatic carbocycles. The van der Waals surface area contributed by atoms with Crippen LogP contribution in [0.15, 0.2) is 48.8 Å². The maximum atomic E-state index is 12.7. The number of hydrogen-bond acceptors (Lipinski definition) is 3. The fourth-order valence-corrected chi connectivity index (χ4v) is 3.75. The molecule has 0 unspecified atom stereocenters. The van der Waals surface area contributed by atoms with Crippen LogP contribution in [-0.4, -0.2) is 38.7 Å². The molecule has 0 radical (unpaired) electrons. The van der Waals surface area contributed by atoms with Gasteiger partial charge in [-0.05, 0) is 42.9 Å². The molecule has 1 atom stereocenters. The first-order valence-electron chi connectivity index (χ1n) is 8.82. The lowest BCUT2D eigenvalue weighted by Crippen LogP contribution is -2.40. The van der Waals surface area contributed by atoms with Crippen molar-refractivity contribution in [2.24, 2.45) is 13.0 Å². The summed E-state index contributed by atoms with van der Waals surface area (Å²) in [5.74, 6) is 0.510. The summed E-state index contributed by atoms with van der Waals surface area (Å²) in [5.41, 5.74) is 2.89. The third-order valence-corrected chi connectivity index (χ3v) is 4.96. The molecule has 3 heterocycles. The maximum absolute atomic E-state index is 12.7. The number of aryl methyl sites for hydroxylation is 1. The molecule has 0 saturated carbocycles. The van der Waals surface area contributed by atoms with E-state index in [0.717, 1.165) is 37.9 Å². The summed E-state index contributed by atoms with van der Waals surface area (Å²) in [6.45, 7) is 1.61. The molecule has 1 aliphatic heterocycles. The second kappa shape index (κ2) is 6.67. The van der Waals surface area contributed by atoms with Crippen LogP contribution in [0.25, 0.3) is 10.9 Å². The summed E-state index contributed by atoms with van der Waals surface area (Å²) in [7, 11) is 1.84. The van der Waals surface area contributed by atoms with Gasteiger partial charge in [0.05, 0.1) is 5.52 Å². The van der Waals surface area contributed by atoms with E-state index in [4.69, 9.17) is 0 Å². The number of para-hydroxylation sites is 1. The van der Waals surface area contributed by atoms with Gasteiger partial charge in [0, 0.05) is 37.9 Å². The first-order chi connectivity index (χ1) is 12.2. The molecule has 25 heavy (non-hydrogen) atoms. The van der Waals surface area contributed by atoms with Crippen LogP contribution in [-0.2, 0) is 13.5 Å². The second-order valence-corrected chi connectivity index (χ2v) is 6.83. The fraction of sp³-hybridized carbons (Fsp3) is 0.350. The second-order valence-electron chi connectivity index (χ2n) is 6.83. The van der Waals surface area contributed by atoms with Crippen molar-refractivity contribution in [3.05, 3.63) is 60.0 Å². The van der Waals surface area contributed by atoms with Crippen LogP contribution in [0.5, 0.6) is 0 Å². The lowest BCUT2D eigenvalue weighted by molar-refractivity contribution is 0.0667. The van der Waals surface area contributed by atoms with Gasteiger partial charge in [-0.25, -0.2) is 0 Å². The van der Waals surface area contributed by atoms with Gasteiger partial charge in [-0.2, -0.15) is 5.10 Å². The lowest BCUT2D eigenvalue weighted by Gasteiger charge is -2.32. The highest BCUT2D eigenvalue weighted by atomic mass is 16.2. The van der Waals surface area contributed by atoms with E-state index in [-0.39, 0.29) is 5.91 Å². The molecule has 5 heteroatoms. The average Bonchev–Trinajstić information content (AvgIpc) is 3.08. The molecule has 3 aromatic rings. The quantitative estimate of drug-likeness (QED) is 0.740. The SMILES string of the molecule is Cn1ccc(C(=O)N2CCC[C@H](Cc3cccc4cccnc34)C2)n1. The first-order valence-corrected chi connectivity index (χ1v) is 8.82. The molecule has 1 amide bonds. The topological polar surface area (TPSA) is 51.0 Å². The molecular weight excluding hydrogens is 312 g/mol. The van der Waals surface area contributed by atoms with Crippen molar-refractivity contribution in [2.75, 3.05) is 13.1 Å². The Kier molecular flexibility index (Phi) is 4.22. The predicted octanol–water partition coefficient (Wildman–Crippen LogP) is 3.06. The molecule has 2 aromatic heterocycles. The molecule has 5 nitrogen and oxygen atoms in total. The number of hydrogen-bond donors (Lipinski definition) is 0. The average molecular weight is 334 g/mol. The Morgan fingerprint density at radius 2 is 2.12 bits per heavy atom. The van der Waals surface area contributed by atoms with Gasteiger partial charge in [-0.15, -0.1) is 0 Å². The van der Waals surface area contributed by atoms with E-state index in [1.807, 2.05) is 30.4 Å². The molecule has 1 aliphatic rings. The van der Waals surface area contributed by atoms with Crippen LogP contribution < -0.4 is 0 Å².